The third kappa shape index (κ3) is 8.21. The molecule has 0 amide bonds. The van der Waals surface area contributed by atoms with Gasteiger partial charge in [0.15, 0.2) is 6.29 Å². The van der Waals surface area contributed by atoms with Crippen LogP contribution in [-0.4, -0.2) is 29.5 Å². The van der Waals surface area contributed by atoms with E-state index in [1.807, 2.05) is 6.92 Å². The molecule has 0 aliphatic rings. The van der Waals surface area contributed by atoms with E-state index in [1.165, 1.54) is 23.3 Å². The van der Waals surface area contributed by atoms with Crippen molar-refractivity contribution in [2.75, 3.05) is 0 Å². The summed E-state index contributed by atoms with van der Waals surface area (Å²) in [4.78, 5) is -0.0666. The molecular formula is C18H24O5S. The number of benzene rings is 2. The predicted molar refractivity (Wildman–Crippen MR) is 93.3 cm³/mol. The van der Waals surface area contributed by atoms with Crippen LogP contribution in [0.2, 0.25) is 0 Å². The lowest BCUT2D eigenvalue weighted by atomic mass is 10.1. The minimum absolute atomic E-state index is 0.0666. The summed E-state index contributed by atoms with van der Waals surface area (Å²) < 4.78 is 29.6. The molecule has 24 heavy (non-hydrogen) atoms. The van der Waals surface area contributed by atoms with E-state index in [4.69, 9.17) is 14.8 Å². The van der Waals surface area contributed by atoms with Crippen LogP contribution in [0.1, 0.15) is 29.5 Å². The Morgan fingerprint density at radius 2 is 1.33 bits per heavy atom. The third-order valence-electron chi connectivity index (χ3n) is 3.37. The Labute approximate surface area is 143 Å². The van der Waals surface area contributed by atoms with E-state index < -0.39 is 16.4 Å². The van der Waals surface area contributed by atoms with Gasteiger partial charge in [0.05, 0.1) is 4.90 Å². The summed E-state index contributed by atoms with van der Waals surface area (Å²) in [5.74, 6) is 0. The molecule has 0 aliphatic heterocycles. The molecule has 0 fully saturated rings. The van der Waals surface area contributed by atoms with Gasteiger partial charge in [-0.15, -0.1) is 0 Å². The lowest BCUT2D eigenvalue weighted by Gasteiger charge is -2.03. The maximum atomic E-state index is 10.5. The van der Waals surface area contributed by atoms with Crippen molar-refractivity contribution in [1.82, 2.24) is 0 Å². The van der Waals surface area contributed by atoms with Crippen LogP contribution < -0.4 is 0 Å². The first-order valence-electron chi connectivity index (χ1n) is 7.64. The number of hydrogen-bond donors (Lipinski definition) is 3. The summed E-state index contributed by atoms with van der Waals surface area (Å²) in [7, 11) is -4.02. The van der Waals surface area contributed by atoms with Crippen molar-refractivity contribution >= 4 is 10.1 Å². The van der Waals surface area contributed by atoms with Crippen molar-refractivity contribution in [2.45, 2.75) is 44.3 Å². The van der Waals surface area contributed by atoms with Crippen LogP contribution in [0, 0.1) is 13.8 Å². The molecule has 0 saturated heterocycles. The Bertz CT molecular complexity index is 704. The third-order valence-corrected chi connectivity index (χ3v) is 4.24. The molecule has 3 N–H and O–H groups in total. The van der Waals surface area contributed by atoms with Crippen LogP contribution in [0.15, 0.2) is 53.4 Å². The smallest absolute Gasteiger partial charge is 0.294 e. The molecular weight excluding hydrogens is 328 g/mol. The fourth-order valence-electron chi connectivity index (χ4n) is 1.95. The van der Waals surface area contributed by atoms with Gasteiger partial charge in [-0.05, 0) is 50.8 Å². The minimum atomic E-state index is -4.02. The molecule has 0 aromatic heterocycles. The second kappa shape index (κ2) is 9.54. The zero-order valence-electron chi connectivity index (χ0n) is 13.9. The van der Waals surface area contributed by atoms with Crippen molar-refractivity contribution < 1.29 is 23.2 Å². The van der Waals surface area contributed by atoms with Gasteiger partial charge in [-0.1, -0.05) is 47.5 Å². The van der Waals surface area contributed by atoms with Gasteiger partial charge in [0.25, 0.3) is 10.1 Å². The fraction of sp³-hybridized carbons (Fsp3) is 0.333. The van der Waals surface area contributed by atoms with E-state index in [1.54, 1.807) is 12.1 Å². The standard InChI is InChI=1S/C11H16O2.C7H8O3S/c1-9-5-7-10(8-6-9)3-2-4-11(12)13;1-6-2-4-7(5-3-6)11(8,9)10/h5-8,11-13H,2-4H2,1H3;2-5H,1H3,(H,8,9,10). The van der Waals surface area contributed by atoms with Gasteiger partial charge in [-0.2, -0.15) is 8.42 Å². The second-order valence-corrected chi connectivity index (χ2v) is 7.07. The monoisotopic (exact) mass is 352 g/mol. The van der Waals surface area contributed by atoms with Crippen LogP contribution in [-0.2, 0) is 16.5 Å². The van der Waals surface area contributed by atoms with E-state index in [9.17, 15) is 8.42 Å². The molecule has 0 heterocycles. The summed E-state index contributed by atoms with van der Waals surface area (Å²) in [6.07, 6.45) is 1.03. The highest BCUT2D eigenvalue weighted by molar-refractivity contribution is 7.85. The summed E-state index contributed by atoms with van der Waals surface area (Å²) in [5.41, 5.74) is 3.47. The lowest BCUT2D eigenvalue weighted by molar-refractivity contribution is -0.0461. The molecule has 6 heteroatoms. The molecule has 0 unspecified atom stereocenters. The first kappa shape index (κ1) is 20.3. The van der Waals surface area contributed by atoms with Gasteiger partial charge < -0.3 is 10.2 Å². The highest BCUT2D eigenvalue weighted by Crippen LogP contribution is 2.09. The van der Waals surface area contributed by atoms with E-state index in [-0.39, 0.29) is 4.90 Å². The average molecular weight is 352 g/mol. The normalized spacial score (nSPS) is 11.1. The molecule has 0 radical (unpaired) electrons. The predicted octanol–water partition coefficient (Wildman–Crippen LogP) is 2.87. The Balaban J connectivity index is 0.000000243. The Kier molecular flexibility index (Phi) is 8.07. The number of hydrogen-bond acceptors (Lipinski definition) is 4. The van der Waals surface area contributed by atoms with Gasteiger partial charge >= 0.3 is 0 Å². The van der Waals surface area contributed by atoms with Crippen molar-refractivity contribution in [3.63, 3.8) is 0 Å². The SMILES string of the molecule is Cc1ccc(CCCC(O)O)cc1.Cc1ccc(S(=O)(=O)O)cc1. The van der Waals surface area contributed by atoms with Crippen LogP contribution in [0.5, 0.6) is 0 Å². The van der Waals surface area contributed by atoms with Crippen LogP contribution in [0.3, 0.4) is 0 Å². The van der Waals surface area contributed by atoms with Gasteiger partial charge in [0.2, 0.25) is 0 Å². The number of aryl methyl sites for hydroxylation is 3. The van der Waals surface area contributed by atoms with E-state index in [2.05, 4.69) is 31.2 Å². The van der Waals surface area contributed by atoms with Crippen LogP contribution >= 0.6 is 0 Å². The molecule has 2 rings (SSSR count). The molecule has 2 aromatic rings. The number of aliphatic hydroxyl groups is 2. The molecule has 0 spiro atoms. The van der Waals surface area contributed by atoms with Gasteiger partial charge in [0.1, 0.15) is 0 Å². The van der Waals surface area contributed by atoms with Crippen molar-refractivity contribution in [3.05, 3.63) is 65.2 Å². The number of rotatable bonds is 5. The summed E-state index contributed by atoms with van der Waals surface area (Å²) in [5, 5.41) is 17.3. The molecule has 0 saturated carbocycles. The topological polar surface area (TPSA) is 94.8 Å². The van der Waals surface area contributed by atoms with E-state index in [0.29, 0.717) is 6.42 Å². The van der Waals surface area contributed by atoms with E-state index in [0.717, 1.165) is 18.4 Å². The average Bonchev–Trinajstić information content (AvgIpc) is 2.49. The molecule has 5 nitrogen and oxygen atoms in total. The largest absolute Gasteiger partial charge is 0.368 e. The highest BCUT2D eigenvalue weighted by Gasteiger charge is 2.06. The first-order chi connectivity index (χ1) is 11.2. The Morgan fingerprint density at radius 1 is 0.875 bits per heavy atom. The van der Waals surface area contributed by atoms with Crippen LogP contribution in [0.4, 0.5) is 0 Å². The maximum absolute atomic E-state index is 10.5. The van der Waals surface area contributed by atoms with Crippen molar-refractivity contribution in [2.24, 2.45) is 0 Å². The molecule has 0 bridgehead atoms. The Hall–Kier alpha value is -1.73. The minimum Gasteiger partial charge on any atom is -0.368 e. The molecule has 0 atom stereocenters. The summed E-state index contributed by atoms with van der Waals surface area (Å²) in [6.45, 7) is 3.90. The number of aliphatic hydroxyl groups excluding tert-OH is 1. The Morgan fingerprint density at radius 3 is 1.75 bits per heavy atom. The molecule has 2 aromatic carbocycles. The van der Waals surface area contributed by atoms with Crippen molar-refractivity contribution in [1.29, 1.82) is 0 Å². The van der Waals surface area contributed by atoms with Gasteiger partial charge in [-0.3, -0.25) is 4.55 Å². The quantitative estimate of drug-likeness (QED) is 0.568. The summed E-state index contributed by atoms with van der Waals surface area (Å²) >= 11 is 0. The van der Waals surface area contributed by atoms with Gasteiger partial charge in [0, 0.05) is 0 Å². The zero-order chi connectivity index (χ0) is 18.2. The zero-order valence-corrected chi connectivity index (χ0v) is 14.7. The van der Waals surface area contributed by atoms with E-state index >= 15 is 0 Å². The van der Waals surface area contributed by atoms with Crippen molar-refractivity contribution in [3.8, 4) is 0 Å². The highest BCUT2D eigenvalue weighted by atomic mass is 32.2. The van der Waals surface area contributed by atoms with Gasteiger partial charge in [-0.25, -0.2) is 0 Å². The molecule has 0 aliphatic carbocycles. The molecule has 132 valence electrons. The summed E-state index contributed by atoms with van der Waals surface area (Å²) in [6, 6.07) is 14.3. The second-order valence-electron chi connectivity index (χ2n) is 5.65. The first-order valence-corrected chi connectivity index (χ1v) is 9.08. The maximum Gasteiger partial charge on any atom is 0.294 e. The lowest BCUT2D eigenvalue weighted by Crippen LogP contribution is -2.03. The van der Waals surface area contributed by atoms with Crippen LogP contribution in [0.25, 0.3) is 0 Å². The fourth-order valence-corrected chi connectivity index (χ4v) is 2.43.